The van der Waals surface area contributed by atoms with Crippen LogP contribution < -0.4 is 16.6 Å². The van der Waals surface area contributed by atoms with Gasteiger partial charge in [0.25, 0.3) is 5.56 Å². The number of amides is 1. The highest BCUT2D eigenvalue weighted by Crippen LogP contribution is 2.19. The summed E-state index contributed by atoms with van der Waals surface area (Å²) in [6.45, 7) is 5.63. The minimum Gasteiger partial charge on any atom is -0.408 e. The van der Waals surface area contributed by atoms with E-state index in [9.17, 15) is 14.4 Å². The number of aromatic amines is 1. The highest BCUT2D eigenvalue weighted by molar-refractivity contribution is 5.80. The van der Waals surface area contributed by atoms with Crippen molar-refractivity contribution in [3.8, 4) is 0 Å². The highest BCUT2D eigenvalue weighted by Gasteiger charge is 2.19. The number of fused-ring (bicyclic) bond motifs is 1. The van der Waals surface area contributed by atoms with Crippen molar-refractivity contribution >= 4 is 17.0 Å². The number of benzene rings is 2. The molecule has 0 aliphatic carbocycles. The van der Waals surface area contributed by atoms with Gasteiger partial charge in [-0.1, -0.05) is 50.2 Å². The van der Waals surface area contributed by atoms with Gasteiger partial charge in [-0.25, -0.2) is 9.78 Å². The molecule has 1 unspecified atom stereocenters. The van der Waals surface area contributed by atoms with Gasteiger partial charge >= 0.3 is 5.76 Å². The van der Waals surface area contributed by atoms with Crippen molar-refractivity contribution in [3.05, 3.63) is 98.1 Å². The first-order valence-corrected chi connectivity index (χ1v) is 10.8. The first-order chi connectivity index (χ1) is 15.8. The summed E-state index contributed by atoms with van der Waals surface area (Å²) in [5.74, 6) is -0.265. The number of aromatic nitrogens is 3. The Hall–Kier alpha value is -3.94. The monoisotopic (exact) mass is 446 g/mol. The molecule has 0 aliphatic rings. The third kappa shape index (κ3) is 5.11. The number of oxazole rings is 1. The lowest BCUT2D eigenvalue weighted by molar-refractivity contribution is -0.122. The SMILES string of the molecule is Cc1ccc2oc(=O)n(CC(=O)NC(Cc3cc(=O)[nH]c(C(C)C)n3)c3ccccc3)c2c1. The van der Waals surface area contributed by atoms with Crippen LogP contribution in [-0.2, 0) is 17.8 Å². The van der Waals surface area contributed by atoms with Crippen molar-refractivity contribution in [1.82, 2.24) is 19.9 Å². The van der Waals surface area contributed by atoms with E-state index >= 15 is 0 Å². The molecule has 0 saturated carbocycles. The van der Waals surface area contributed by atoms with Gasteiger partial charge in [0.15, 0.2) is 5.58 Å². The Morgan fingerprint density at radius 3 is 2.61 bits per heavy atom. The molecule has 4 rings (SSSR count). The number of rotatable bonds is 7. The van der Waals surface area contributed by atoms with Gasteiger partial charge in [-0.15, -0.1) is 0 Å². The topological polar surface area (TPSA) is 110 Å². The second kappa shape index (κ2) is 9.28. The van der Waals surface area contributed by atoms with Gasteiger partial charge in [-0.2, -0.15) is 0 Å². The molecule has 170 valence electrons. The van der Waals surface area contributed by atoms with Crippen LogP contribution in [0, 0.1) is 6.92 Å². The van der Waals surface area contributed by atoms with E-state index in [-0.39, 0.29) is 23.9 Å². The molecule has 0 fully saturated rings. The van der Waals surface area contributed by atoms with Gasteiger partial charge in [-0.3, -0.25) is 14.2 Å². The summed E-state index contributed by atoms with van der Waals surface area (Å²) >= 11 is 0. The zero-order valence-electron chi connectivity index (χ0n) is 18.8. The molecule has 2 aromatic carbocycles. The fourth-order valence-electron chi connectivity index (χ4n) is 3.76. The van der Waals surface area contributed by atoms with E-state index in [0.29, 0.717) is 29.0 Å². The van der Waals surface area contributed by atoms with Crippen LogP contribution in [0.2, 0.25) is 0 Å². The van der Waals surface area contributed by atoms with Crippen molar-refractivity contribution in [3.63, 3.8) is 0 Å². The lowest BCUT2D eigenvalue weighted by atomic mass is 10.0. The molecular formula is C25H26N4O4. The number of nitrogens with zero attached hydrogens (tertiary/aromatic N) is 2. The molecule has 0 bridgehead atoms. The third-order valence-electron chi connectivity index (χ3n) is 5.43. The number of hydrogen-bond acceptors (Lipinski definition) is 5. The molecule has 0 spiro atoms. The molecule has 4 aromatic rings. The molecule has 2 aromatic heterocycles. The van der Waals surface area contributed by atoms with E-state index in [1.165, 1.54) is 10.6 Å². The van der Waals surface area contributed by atoms with Gasteiger partial charge in [0.05, 0.1) is 17.3 Å². The maximum Gasteiger partial charge on any atom is 0.420 e. The van der Waals surface area contributed by atoms with E-state index in [1.54, 1.807) is 6.07 Å². The molecule has 1 amide bonds. The zero-order valence-corrected chi connectivity index (χ0v) is 18.8. The number of carbonyl (C=O) groups excluding carboxylic acids is 1. The molecule has 8 nitrogen and oxygen atoms in total. The van der Waals surface area contributed by atoms with Gasteiger partial charge in [-0.05, 0) is 30.2 Å². The smallest absolute Gasteiger partial charge is 0.408 e. The average Bonchev–Trinajstić information content (AvgIpc) is 3.08. The van der Waals surface area contributed by atoms with Crippen LogP contribution >= 0.6 is 0 Å². The summed E-state index contributed by atoms with van der Waals surface area (Å²) in [5.41, 5.74) is 3.20. The molecule has 33 heavy (non-hydrogen) atoms. The number of H-pyrrole nitrogens is 1. The van der Waals surface area contributed by atoms with Crippen LogP contribution in [-0.4, -0.2) is 20.4 Å². The zero-order chi connectivity index (χ0) is 23.5. The Morgan fingerprint density at radius 2 is 1.88 bits per heavy atom. The Balaban J connectivity index is 1.61. The van der Waals surface area contributed by atoms with Gasteiger partial charge < -0.3 is 14.7 Å². The number of hydrogen-bond donors (Lipinski definition) is 2. The first kappa shape index (κ1) is 22.3. The Kier molecular flexibility index (Phi) is 6.26. The predicted molar refractivity (Wildman–Crippen MR) is 125 cm³/mol. The lowest BCUT2D eigenvalue weighted by Gasteiger charge is -2.19. The van der Waals surface area contributed by atoms with E-state index in [4.69, 9.17) is 4.42 Å². The van der Waals surface area contributed by atoms with Crippen LogP contribution in [0.4, 0.5) is 0 Å². The fraction of sp³-hybridized carbons (Fsp3) is 0.280. The van der Waals surface area contributed by atoms with Crippen molar-refractivity contribution < 1.29 is 9.21 Å². The molecule has 8 heteroatoms. The van der Waals surface area contributed by atoms with E-state index < -0.39 is 11.8 Å². The van der Waals surface area contributed by atoms with Gasteiger partial charge in [0.1, 0.15) is 12.4 Å². The van der Waals surface area contributed by atoms with E-state index in [2.05, 4.69) is 15.3 Å². The number of carbonyl (C=O) groups is 1. The molecule has 1 atom stereocenters. The Morgan fingerprint density at radius 1 is 1.12 bits per heavy atom. The van der Waals surface area contributed by atoms with Gasteiger partial charge in [0, 0.05) is 18.4 Å². The second-order valence-corrected chi connectivity index (χ2v) is 8.44. The Bertz CT molecular complexity index is 1400. The summed E-state index contributed by atoms with van der Waals surface area (Å²) in [6.07, 6.45) is 0.333. The van der Waals surface area contributed by atoms with Crippen LogP contribution in [0.5, 0.6) is 0 Å². The quantitative estimate of drug-likeness (QED) is 0.453. The second-order valence-electron chi connectivity index (χ2n) is 8.44. The number of nitrogens with one attached hydrogen (secondary N) is 2. The van der Waals surface area contributed by atoms with Crippen molar-refractivity contribution in [2.24, 2.45) is 0 Å². The first-order valence-electron chi connectivity index (χ1n) is 10.8. The van der Waals surface area contributed by atoms with Crippen LogP contribution in [0.1, 0.15) is 48.5 Å². The molecular weight excluding hydrogens is 420 g/mol. The standard InChI is InChI=1S/C25H26N4O4/c1-15(2)24-26-18(13-22(30)28-24)12-19(17-7-5-4-6-8-17)27-23(31)14-29-20-11-16(3)9-10-21(20)33-25(29)32/h4-11,13,15,19H,12,14H2,1-3H3,(H,27,31)(H,26,28,30). The molecule has 2 N–H and O–H groups in total. The summed E-state index contributed by atoms with van der Waals surface area (Å²) in [4.78, 5) is 44.8. The van der Waals surface area contributed by atoms with Crippen LogP contribution in [0.25, 0.3) is 11.1 Å². The predicted octanol–water partition coefficient (Wildman–Crippen LogP) is 3.21. The largest absolute Gasteiger partial charge is 0.420 e. The summed E-state index contributed by atoms with van der Waals surface area (Å²) in [5, 5.41) is 3.00. The van der Waals surface area contributed by atoms with Crippen molar-refractivity contribution in [2.75, 3.05) is 0 Å². The van der Waals surface area contributed by atoms with Crippen molar-refractivity contribution in [2.45, 2.75) is 45.7 Å². The highest BCUT2D eigenvalue weighted by atomic mass is 16.4. The maximum absolute atomic E-state index is 13.0. The van der Waals surface area contributed by atoms with E-state index in [1.807, 2.05) is 63.2 Å². The maximum atomic E-state index is 13.0. The minimum absolute atomic E-state index is 0.0621. The lowest BCUT2D eigenvalue weighted by Crippen LogP contribution is -2.35. The Labute approximate surface area is 190 Å². The summed E-state index contributed by atoms with van der Waals surface area (Å²) in [6, 6.07) is 15.9. The molecule has 0 saturated heterocycles. The molecule has 2 heterocycles. The van der Waals surface area contributed by atoms with Gasteiger partial charge in [0.2, 0.25) is 5.91 Å². The molecule has 0 radical (unpaired) electrons. The van der Waals surface area contributed by atoms with Crippen molar-refractivity contribution in [1.29, 1.82) is 0 Å². The minimum atomic E-state index is -0.583. The average molecular weight is 447 g/mol. The summed E-state index contributed by atoms with van der Waals surface area (Å²) in [7, 11) is 0. The molecule has 0 aliphatic heterocycles. The number of aryl methyl sites for hydroxylation is 1. The van der Waals surface area contributed by atoms with Crippen LogP contribution in [0.15, 0.2) is 68.6 Å². The van der Waals surface area contributed by atoms with Crippen LogP contribution in [0.3, 0.4) is 0 Å². The third-order valence-corrected chi connectivity index (χ3v) is 5.43. The normalized spacial score (nSPS) is 12.2. The van der Waals surface area contributed by atoms with E-state index in [0.717, 1.165) is 11.1 Å². The summed E-state index contributed by atoms with van der Waals surface area (Å²) < 4.78 is 6.59. The fourth-order valence-corrected chi connectivity index (χ4v) is 3.76.